The van der Waals surface area contributed by atoms with E-state index < -0.39 is 5.97 Å². The average Bonchev–Trinajstić information content (AvgIpc) is 2.94. The highest BCUT2D eigenvalue weighted by Crippen LogP contribution is 2.26. The van der Waals surface area contributed by atoms with Gasteiger partial charge in [-0.1, -0.05) is 0 Å². The van der Waals surface area contributed by atoms with E-state index in [2.05, 4.69) is 5.32 Å². The van der Waals surface area contributed by atoms with Gasteiger partial charge in [0.05, 0.1) is 13.0 Å². The van der Waals surface area contributed by atoms with Crippen LogP contribution in [0.25, 0.3) is 0 Å². The van der Waals surface area contributed by atoms with Gasteiger partial charge in [0.1, 0.15) is 11.5 Å². The first kappa shape index (κ1) is 16.1. The van der Waals surface area contributed by atoms with E-state index >= 15 is 0 Å². The molecule has 0 aliphatic heterocycles. The number of carboxylic acid groups (broad SMARTS) is 1. The number of hydrogen-bond donors (Lipinski definition) is 2. The Bertz CT molecular complexity index is 557. The molecular formula is C16H21NO5. The number of rotatable bonds is 6. The minimum atomic E-state index is -0.790. The number of amides is 1. The number of carbonyl (C=O) groups is 2. The quantitative estimate of drug-likeness (QED) is 0.836. The van der Waals surface area contributed by atoms with Crippen LogP contribution in [0.1, 0.15) is 24.8 Å². The van der Waals surface area contributed by atoms with E-state index in [1.54, 1.807) is 19.2 Å². The summed E-state index contributed by atoms with van der Waals surface area (Å²) in [5, 5.41) is 11.8. The van der Waals surface area contributed by atoms with Gasteiger partial charge in [-0.15, -0.1) is 0 Å². The second kappa shape index (κ2) is 7.15. The zero-order chi connectivity index (χ0) is 16.1. The zero-order valence-electron chi connectivity index (χ0n) is 12.8. The zero-order valence-corrected chi connectivity index (χ0v) is 12.8. The second-order valence-corrected chi connectivity index (χ2v) is 5.53. The van der Waals surface area contributed by atoms with Gasteiger partial charge in [-0.05, 0) is 49.9 Å². The van der Waals surface area contributed by atoms with Crippen molar-refractivity contribution in [2.45, 2.75) is 32.2 Å². The molecule has 0 spiro atoms. The number of nitrogens with one attached hydrogen (secondary N) is 1. The maximum absolute atomic E-state index is 11.8. The lowest BCUT2D eigenvalue weighted by Gasteiger charge is -2.13. The number of aliphatic carboxylic acids is 1. The molecule has 0 bridgehead atoms. The van der Waals surface area contributed by atoms with Gasteiger partial charge < -0.3 is 19.9 Å². The predicted octanol–water partition coefficient (Wildman–Crippen LogP) is 1.75. The molecule has 1 saturated carbocycles. The van der Waals surface area contributed by atoms with Crippen LogP contribution in [0.5, 0.6) is 11.5 Å². The molecule has 1 aliphatic carbocycles. The normalized spacial score (nSPS) is 20.5. The molecule has 0 radical (unpaired) electrons. The van der Waals surface area contributed by atoms with Crippen molar-refractivity contribution in [2.75, 3.05) is 13.7 Å². The molecule has 1 fully saturated rings. The van der Waals surface area contributed by atoms with Crippen molar-refractivity contribution in [3.8, 4) is 11.5 Å². The van der Waals surface area contributed by atoms with Crippen molar-refractivity contribution in [1.82, 2.24) is 5.32 Å². The van der Waals surface area contributed by atoms with Crippen LogP contribution < -0.4 is 14.8 Å². The third kappa shape index (κ3) is 4.13. The van der Waals surface area contributed by atoms with Crippen LogP contribution in [-0.4, -0.2) is 36.7 Å². The topological polar surface area (TPSA) is 84.9 Å². The third-order valence-corrected chi connectivity index (χ3v) is 3.88. The number of methoxy groups -OCH3 is 1. The number of ether oxygens (including phenoxy) is 2. The van der Waals surface area contributed by atoms with E-state index in [9.17, 15) is 9.59 Å². The Hall–Kier alpha value is -2.24. The Morgan fingerprint density at radius 1 is 1.36 bits per heavy atom. The lowest BCUT2D eigenvalue weighted by molar-refractivity contribution is -0.141. The van der Waals surface area contributed by atoms with Crippen LogP contribution in [0.2, 0.25) is 0 Å². The minimum absolute atomic E-state index is 0.0743. The molecule has 0 saturated heterocycles. The highest BCUT2D eigenvalue weighted by Gasteiger charge is 2.30. The molecule has 2 N–H and O–H groups in total. The van der Waals surface area contributed by atoms with Gasteiger partial charge in [0.2, 0.25) is 0 Å². The van der Waals surface area contributed by atoms with Crippen molar-refractivity contribution in [3.63, 3.8) is 0 Å². The van der Waals surface area contributed by atoms with Crippen LogP contribution in [-0.2, 0) is 9.59 Å². The monoisotopic (exact) mass is 307 g/mol. The molecular weight excluding hydrogens is 286 g/mol. The molecule has 2 atom stereocenters. The van der Waals surface area contributed by atoms with Gasteiger partial charge in [0.15, 0.2) is 6.61 Å². The molecule has 22 heavy (non-hydrogen) atoms. The number of carboxylic acids is 1. The standard InChI is InChI=1S/C16H21NO5/c1-10-7-13(5-6-14(10)21-2)22-9-15(18)17-12-4-3-11(8-12)16(19)20/h5-7,11-12H,3-4,8-9H2,1-2H3,(H,17,18)(H,19,20)/t11-,12+/m0/s1. The summed E-state index contributed by atoms with van der Waals surface area (Å²) in [5.41, 5.74) is 0.931. The van der Waals surface area contributed by atoms with Crippen molar-refractivity contribution in [2.24, 2.45) is 5.92 Å². The van der Waals surface area contributed by atoms with Gasteiger partial charge in [-0.3, -0.25) is 9.59 Å². The number of hydrogen-bond acceptors (Lipinski definition) is 4. The lowest BCUT2D eigenvalue weighted by atomic mass is 10.1. The fourth-order valence-corrected chi connectivity index (χ4v) is 2.70. The van der Waals surface area contributed by atoms with E-state index in [4.69, 9.17) is 14.6 Å². The largest absolute Gasteiger partial charge is 0.496 e. The Balaban J connectivity index is 1.78. The maximum atomic E-state index is 11.8. The van der Waals surface area contributed by atoms with E-state index in [0.29, 0.717) is 25.0 Å². The first-order valence-corrected chi connectivity index (χ1v) is 7.29. The summed E-state index contributed by atoms with van der Waals surface area (Å²) in [6.07, 6.45) is 1.80. The Labute approximate surface area is 129 Å². The summed E-state index contributed by atoms with van der Waals surface area (Å²) in [6.45, 7) is 1.82. The summed E-state index contributed by atoms with van der Waals surface area (Å²) in [6, 6.07) is 5.27. The van der Waals surface area contributed by atoms with Crippen molar-refractivity contribution >= 4 is 11.9 Å². The van der Waals surface area contributed by atoms with E-state index in [0.717, 1.165) is 11.3 Å². The molecule has 120 valence electrons. The maximum Gasteiger partial charge on any atom is 0.306 e. The molecule has 6 heteroatoms. The van der Waals surface area contributed by atoms with Gasteiger partial charge >= 0.3 is 5.97 Å². The van der Waals surface area contributed by atoms with Gasteiger partial charge in [0, 0.05) is 6.04 Å². The van der Waals surface area contributed by atoms with Gasteiger partial charge in [0.25, 0.3) is 5.91 Å². The summed E-state index contributed by atoms with van der Waals surface area (Å²) in [4.78, 5) is 22.7. The fraction of sp³-hybridized carbons (Fsp3) is 0.500. The number of benzene rings is 1. The third-order valence-electron chi connectivity index (χ3n) is 3.88. The van der Waals surface area contributed by atoms with Crippen LogP contribution in [0, 0.1) is 12.8 Å². The Morgan fingerprint density at radius 2 is 2.14 bits per heavy atom. The van der Waals surface area contributed by atoms with E-state index in [1.165, 1.54) is 0 Å². The predicted molar refractivity (Wildman–Crippen MR) is 80.1 cm³/mol. The fourth-order valence-electron chi connectivity index (χ4n) is 2.70. The number of aryl methyl sites for hydroxylation is 1. The van der Waals surface area contributed by atoms with Crippen molar-refractivity contribution < 1.29 is 24.2 Å². The molecule has 0 heterocycles. The highest BCUT2D eigenvalue weighted by atomic mass is 16.5. The van der Waals surface area contributed by atoms with Crippen LogP contribution in [0.4, 0.5) is 0 Å². The first-order chi connectivity index (χ1) is 10.5. The number of carbonyl (C=O) groups excluding carboxylic acids is 1. The second-order valence-electron chi connectivity index (χ2n) is 5.53. The first-order valence-electron chi connectivity index (χ1n) is 7.29. The SMILES string of the molecule is COc1ccc(OCC(=O)N[C@@H]2CC[C@H](C(=O)O)C2)cc1C. The molecule has 1 aliphatic rings. The van der Waals surface area contributed by atoms with E-state index in [1.807, 2.05) is 13.0 Å². The lowest BCUT2D eigenvalue weighted by Crippen LogP contribution is -2.36. The summed E-state index contributed by atoms with van der Waals surface area (Å²) < 4.78 is 10.6. The molecule has 1 aromatic carbocycles. The van der Waals surface area contributed by atoms with Crippen LogP contribution in [0.3, 0.4) is 0 Å². The molecule has 0 unspecified atom stereocenters. The molecule has 1 aromatic rings. The van der Waals surface area contributed by atoms with Crippen LogP contribution in [0.15, 0.2) is 18.2 Å². The highest BCUT2D eigenvalue weighted by molar-refractivity contribution is 5.78. The van der Waals surface area contributed by atoms with Gasteiger partial charge in [-0.25, -0.2) is 0 Å². The minimum Gasteiger partial charge on any atom is -0.496 e. The average molecular weight is 307 g/mol. The molecule has 0 aromatic heterocycles. The Morgan fingerprint density at radius 3 is 2.73 bits per heavy atom. The van der Waals surface area contributed by atoms with E-state index in [-0.39, 0.29) is 24.5 Å². The van der Waals surface area contributed by atoms with Crippen molar-refractivity contribution in [3.05, 3.63) is 23.8 Å². The van der Waals surface area contributed by atoms with Crippen molar-refractivity contribution in [1.29, 1.82) is 0 Å². The summed E-state index contributed by atoms with van der Waals surface area (Å²) in [5.74, 6) is -0.00701. The Kier molecular flexibility index (Phi) is 5.25. The van der Waals surface area contributed by atoms with Crippen LogP contribution >= 0.6 is 0 Å². The smallest absolute Gasteiger partial charge is 0.306 e. The summed E-state index contributed by atoms with van der Waals surface area (Å²) >= 11 is 0. The molecule has 2 rings (SSSR count). The van der Waals surface area contributed by atoms with Gasteiger partial charge in [-0.2, -0.15) is 0 Å². The molecule has 1 amide bonds. The summed E-state index contributed by atoms with van der Waals surface area (Å²) in [7, 11) is 1.60. The molecule has 6 nitrogen and oxygen atoms in total.